The van der Waals surface area contributed by atoms with Crippen LogP contribution in [0.25, 0.3) is 5.95 Å². The molecule has 0 saturated heterocycles. The summed E-state index contributed by atoms with van der Waals surface area (Å²) in [6.45, 7) is 0. The van der Waals surface area contributed by atoms with E-state index in [1.807, 2.05) is 0 Å². The number of nitrogens with zero attached hydrogens (tertiary/aromatic N) is 4. The number of carbonyl (C=O) groups is 1. The third kappa shape index (κ3) is 2.94. The summed E-state index contributed by atoms with van der Waals surface area (Å²) in [5, 5.41) is 2.71. The lowest BCUT2D eigenvalue weighted by molar-refractivity contribution is 0.102. The van der Waals surface area contributed by atoms with Crippen molar-refractivity contribution in [3.63, 3.8) is 0 Å². The molecule has 0 radical (unpaired) electrons. The molecule has 3 rings (SSSR count). The minimum atomic E-state index is -0.514. The molecule has 0 bridgehead atoms. The van der Waals surface area contributed by atoms with Crippen LogP contribution in [0.3, 0.4) is 0 Å². The van der Waals surface area contributed by atoms with Crippen molar-refractivity contribution >= 4 is 23.2 Å². The molecule has 0 spiro atoms. The molecule has 2 heterocycles. The summed E-state index contributed by atoms with van der Waals surface area (Å²) >= 11 is 5.97. The van der Waals surface area contributed by atoms with Crippen LogP contribution in [-0.2, 0) is 0 Å². The van der Waals surface area contributed by atoms with Crippen molar-refractivity contribution in [2.45, 2.75) is 0 Å². The summed E-state index contributed by atoms with van der Waals surface area (Å²) < 4.78 is 14.4. The largest absolute Gasteiger partial charge is 0.321 e. The van der Waals surface area contributed by atoms with Gasteiger partial charge in [-0.3, -0.25) is 9.36 Å². The standard InChI is InChI=1S/C14H9ClFN5O/c15-11-7-18-14(21-6-5-17-8-21)20-12(11)13(22)19-10-3-1-9(16)2-4-10/h1-8H,(H,19,22). The predicted octanol–water partition coefficient (Wildman–Crippen LogP) is 2.71. The molecular weight excluding hydrogens is 309 g/mol. The predicted molar refractivity (Wildman–Crippen MR) is 78.5 cm³/mol. The smallest absolute Gasteiger partial charge is 0.276 e. The van der Waals surface area contributed by atoms with Gasteiger partial charge >= 0.3 is 0 Å². The van der Waals surface area contributed by atoms with Crippen LogP contribution >= 0.6 is 11.6 Å². The second-order valence-electron chi connectivity index (χ2n) is 4.30. The molecule has 1 aromatic carbocycles. The SMILES string of the molecule is O=C(Nc1ccc(F)cc1)c1nc(-n2ccnc2)ncc1Cl. The average Bonchev–Trinajstić information content (AvgIpc) is 3.04. The fourth-order valence-electron chi connectivity index (χ4n) is 1.74. The molecule has 6 nitrogen and oxygen atoms in total. The van der Waals surface area contributed by atoms with Gasteiger partial charge in [0.25, 0.3) is 5.91 Å². The fraction of sp³-hybridized carbons (Fsp3) is 0. The number of aromatic nitrogens is 4. The second kappa shape index (κ2) is 5.90. The Labute approximate surface area is 129 Å². The molecule has 0 aliphatic heterocycles. The lowest BCUT2D eigenvalue weighted by atomic mass is 10.3. The van der Waals surface area contributed by atoms with Crippen molar-refractivity contribution in [3.8, 4) is 5.95 Å². The van der Waals surface area contributed by atoms with Crippen LogP contribution in [0, 0.1) is 5.82 Å². The Morgan fingerprint density at radius 3 is 2.73 bits per heavy atom. The topological polar surface area (TPSA) is 72.7 Å². The second-order valence-corrected chi connectivity index (χ2v) is 4.70. The van der Waals surface area contributed by atoms with E-state index >= 15 is 0 Å². The van der Waals surface area contributed by atoms with Crippen LogP contribution in [0.1, 0.15) is 10.5 Å². The monoisotopic (exact) mass is 317 g/mol. The summed E-state index contributed by atoms with van der Waals surface area (Å²) in [7, 11) is 0. The van der Waals surface area contributed by atoms with Crippen LogP contribution in [0.4, 0.5) is 10.1 Å². The Morgan fingerprint density at radius 2 is 2.05 bits per heavy atom. The molecule has 8 heteroatoms. The van der Waals surface area contributed by atoms with Gasteiger partial charge in [0, 0.05) is 18.1 Å². The highest BCUT2D eigenvalue weighted by Gasteiger charge is 2.15. The first-order chi connectivity index (χ1) is 10.6. The van der Waals surface area contributed by atoms with Crippen LogP contribution in [-0.4, -0.2) is 25.4 Å². The van der Waals surface area contributed by atoms with Gasteiger partial charge in [-0.25, -0.2) is 19.3 Å². The number of carbonyl (C=O) groups excluding carboxylic acids is 1. The van der Waals surface area contributed by atoms with Crippen molar-refractivity contribution < 1.29 is 9.18 Å². The van der Waals surface area contributed by atoms with Gasteiger partial charge in [0.15, 0.2) is 5.69 Å². The summed E-state index contributed by atoms with van der Waals surface area (Å²) in [4.78, 5) is 24.3. The molecule has 1 amide bonds. The van der Waals surface area contributed by atoms with Crippen molar-refractivity contribution in [1.29, 1.82) is 0 Å². The summed E-state index contributed by atoms with van der Waals surface area (Å²) in [5.74, 6) is -0.632. The Morgan fingerprint density at radius 1 is 1.27 bits per heavy atom. The van der Waals surface area contributed by atoms with E-state index in [9.17, 15) is 9.18 Å². The molecule has 0 fully saturated rings. The van der Waals surface area contributed by atoms with Crippen LogP contribution in [0.5, 0.6) is 0 Å². The van der Waals surface area contributed by atoms with E-state index in [0.29, 0.717) is 5.69 Å². The summed E-state index contributed by atoms with van der Waals surface area (Å²) in [6, 6.07) is 5.38. The van der Waals surface area contributed by atoms with Crippen LogP contribution in [0.2, 0.25) is 5.02 Å². The molecule has 110 valence electrons. The lowest BCUT2D eigenvalue weighted by Crippen LogP contribution is -2.16. The summed E-state index contributed by atoms with van der Waals surface area (Å²) in [5.41, 5.74) is 0.454. The molecule has 3 aromatic rings. The zero-order valence-electron chi connectivity index (χ0n) is 11.1. The van der Waals surface area contributed by atoms with Gasteiger partial charge in [-0.05, 0) is 24.3 Å². The number of hydrogen-bond acceptors (Lipinski definition) is 4. The van der Waals surface area contributed by atoms with Gasteiger partial charge in [0.05, 0.1) is 11.2 Å². The quantitative estimate of drug-likeness (QED) is 0.806. The van der Waals surface area contributed by atoms with E-state index in [2.05, 4.69) is 20.3 Å². The maximum absolute atomic E-state index is 12.9. The van der Waals surface area contributed by atoms with E-state index < -0.39 is 5.91 Å². The number of amides is 1. The van der Waals surface area contributed by atoms with Crippen LogP contribution < -0.4 is 5.32 Å². The maximum Gasteiger partial charge on any atom is 0.276 e. The molecule has 22 heavy (non-hydrogen) atoms. The van der Waals surface area contributed by atoms with Crippen molar-refractivity contribution in [2.75, 3.05) is 5.32 Å². The van der Waals surface area contributed by atoms with Crippen molar-refractivity contribution in [1.82, 2.24) is 19.5 Å². The first-order valence-corrected chi connectivity index (χ1v) is 6.59. The number of imidazole rings is 1. The molecule has 0 unspecified atom stereocenters. The third-order valence-corrected chi connectivity index (χ3v) is 3.06. The highest BCUT2D eigenvalue weighted by Crippen LogP contribution is 2.16. The van der Waals surface area contributed by atoms with Gasteiger partial charge < -0.3 is 5.32 Å². The number of nitrogens with one attached hydrogen (secondary N) is 1. The van der Waals surface area contributed by atoms with E-state index in [4.69, 9.17) is 11.6 Å². The Hall–Kier alpha value is -2.80. The molecule has 0 aliphatic carbocycles. The molecule has 0 aliphatic rings. The molecule has 0 saturated carbocycles. The lowest BCUT2D eigenvalue weighted by Gasteiger charge is -2.07. The van der Waals surface area contributed by atoms with Gasteiger partial charge in [-0.1, -0.05) is 11.6 Å². The number of benzene rings is 1. The zero-order chi connectivity index (χ0) is 15.5. The van der Waals surface area contributed by atoms with E-state index in [0.717, 1.165) is 0 Å². The number of halogens is 2. The summed E-state index contributed by atoms with van der Waals surface area (Å²) in [6.07, 6.45) is 6.05. The van der Waals surface area contributed by atoms with Gasteiger partial charge in [0.2, 0.25) is 5.95 Å². The first kappa shape index (κ1) is 14.2. The normalized spacial score (nSPS) is 10.5. The van der Waals surface area contributed by atoms with Crippen molar-refractivity contribution in [3.05, 3.63) is 65.7 Å². The number of anilines is 1. The Kier molecular flexibility index (Phi) is 3.80. The Balaban J connectivity index is 1.88. The third-order valence-electron chi connectivity index (χ3n) is 2.78. The molecule has 0 atom stereocenters. The van der Waals surface area contributed by atoms with Crippen molar-refractivity contribution in [2.24, 2.45) is 0 Å². The number of rotatable bonds is 3. The zero-order valence-corrected chi connectivity index (χ0v) is 11.8. The minimum Gasteiger partial charge on any atom is -0.321 e. The van der Waals surface area contributed by atoms with Crippen LogP contribution in [0.15, 0.2) is 49.2 Å². The maximum atomic E-state index is 12.9. The van der Waals surface area contributed by atoms with Gasteiger partial charge in [-0.2, -0.15) is 0 Å². The molecule has 2 aromatic heterocycles. The minimum absolute atomic E-state index is 0.0182. The van der Waals surface area contributed by atoms with E-state index in [1.54, 1.807) is 17.0 Å². The van der Waals surface area contributed by atoms with Gasteiger partial charge in [0.1, 0.15) is 12.1 Å². The highest BCUT2D eigenvalue weighted by atomic mass is 35.5. The average molecular weight is 318 g/mol. The molecule has 1 N–H and O–H groups in total. The Bertz CT molecular complexity index is 805. The molecular formula is C14H9ClFN5O. The highest BCUT2D eigenvalue weighted by molar-refractivity contribution is 6.33. The van der Waals surface area contributed by atoms with Gasteiger partial charge in [-0.15, -0.1) is 0 Å². The van der Waals surface area contributed by atoms with E-state index in [1.165, 1.54) is 36.8 Å². The number of hydrogen-bond donors (Lipinski definition) is 1. The van der Waals surface area contributed by atoms with E-state index in [-0.39, 0.29) is 22.5 Å². The fourth-order valence-corrected chi connectivity index (χ4v) is 1.92. The first-order valence-electron chi connectivity index (χ1n) is 6.21.